The van der Waals surface area contributed by atoms with Gasteiger partial charge in [-0.15, -0.1) is 0 Å². The fraction of sp³-hybridized carbons (Fsp3) is 0.737. The highest BCUT2D eigenvalue weighted by atomic mass is 16.5. The molecule has 2 aliphatic rings. The maximum Gasteiger partial charge on any atom is 0.313 e. The number of amides is 1. The molecule has 3 rings (SSSR count). The van der Waals surface area contributed by atoms with Gasteiger partial charge in [0.1, 0.15) is 11.8 Å². The molecule has 0 unspecified atom stereocenters. The third-order valence-corrected chi connectivity index (χ3v) is 5.89. The Labute approximate surface area is 154 Å². The van der Waals surface area contributed by atoms with Gasteiger partial charge < -0.3 is 14.2 Å². The Hall–Kier alpha value is -1.89. The first-order valence-corrected chi connectivity index (χ1v) is 9.50. The molecule has 2 fully saturated rings. The van der Waals surface area contributed by atoms with Crippen LogP contribution in [0.1, 0.15) is 49.7 Å². The Bertz CT molecular complexity index is 671. The third-order valence-electron chi connectivity index (χ3n) is 5.89. The maximum absolute atomic E-state index is 12.9. The highest BCUT2D eigenvalue weighted by molar-refractivity contribution is 5.95. The zero-order chi connectivity index (χ0) is 18.9. The molecule has 0 aliphatic carbocycles. The minimum absolute atomic E-state index is 0.0635. The van der Waals surface area contributed by atoms with E-state index >= 15 is 0 Å². The first-order valence-electron chi connectivity index (χ1n) is 9.50. The van der Waals surface area contributed by atoms with Crippen molar-refractivity contribution >= 4 is 11.9 Å². The van der Waals surface area contributed by atoms with E-state index in [1.807, 2.05) is 11.8 Å². The summed E-state index contributed by atoms with van der Waals surface area (Å²) in [5.41, 5.74) is 0.595. The van der Waals surface area contributed by atoms with Crippen LogP contribution in [0.5, 0.6) is 0 Å². The van der Waals surface area contributed by atoms with Gasteiger partial charge in [-0.05, 0) is 40.5 Å². The molecule has 2 atom stereocenters. The van der Waals surface area contributed by atoms with E-state index in [1.165, 1.54) is 6.26 Å². The second-order valence-electron chi connectivity index (χ2n) is 7.77. The Morgan fingerprint density at radius 2 is 2.19 bits per heavy atom. The third kappa shape index (κ3) is 3.24. The van der Waals surface area contributed by atoms with Crippen molar-refractivity contribution in [1.29, 1.82) is 0 Å². The van der Waals surface area contributed by atoms with E-state index in [2.05, 4.69) is 23.9 Å². The molecule has 3 heterocycles. The number of fused-ring (bicyclic) bond motifs is 1. The molecule has 0 spiro atoms. The zero-order valence-corrected chi connectivity index (χ0v) is 16.2. The van der Waals surface area contributed by atoms with Gasteiger partial charge in [-0.2, -0.15) is 0 Å². The van der Waals surface area contributed by atoms with Crippen LogP contribution in [-0.2, 0) is 9.53 Å². The van der Waals surface area contributed by atoms with Gasteiger partial charge in [0.05, 0.1) is 17.7 Å². The second-order valence-corrected chi connectivity index (χ2v) is 7.77. The van der Waals surface area contributed by atoms with Gasteiger partial charge in [0.25, 0.3) is 5.91 Å². The summed E-state index contributed by atoms with van der Waals surface area (Å²) < 4.78 is 10.4. The number of aryl methyl sites for hydroxylation is 1. The minimum Gasteiger partial charge on any atom is -0.466 e. The van der Waals surface area contributed by atoms with Crippen LogP contribution in [0.3, 0.4) is 0 Å². The van der Waals surface area contributed by atoms with Gasteiger partial charge in [0.2, 0.25) is 0 Å². The van der Waals surface area contributed by atoms with Crippen molar-refractivity contribution in [3.8, 4) is 0 Å². The quantitative estimate of drug-likeness (QED) is 0.763. The van der Waals surface area contributed by atoms with E-state index < -0.39 is 5.41 Å². The van der Waals surface area contributed by atoms with Crippen LogP contribution in [0.15, 0.2) is 10.8 Å². The summed E-state index contributed by atoms with van der Waals surface area (Å²) in [6.45, 7) is 11.0. The number of rotatable bonds is 4. The van der Waals surface area contributed by atoms with E-state index in [1.54, 1.807) is 6.92 Å². The Balaban J connectivity index is 1.86. The van der Waals surface area contributed by atoms with Crippen molar-refractivity contribution in [1.82, 2.24) is 15.0 Å². The average molecular weight is 363 g/mol. The first-order chi connectivity index (χ1) is 12.4. The van der Waals surface area contributed by atoms with Crippen molar-refractivity contribution in [3.05, 3.63) is 17.5 Å². The highest BCUT2D eigenvalue weighted by Crippen LogP contribution is 2.44. The summed E-state index contributed by atoms with van der Waals surface area (Å²) in [5.74, 6) is -0.0921. The molecule has 1 aromatic rings. The van der Waals surface area contributed by atoms with Gasteiger partial charge in [0.15, 0.2) is 0 Å². The van der Waals surface area contributed by atoms with Crippen molar-refractivity contribution in [2.24, 2.45) is 11.3 Å². The number of carbonyl (C=O) groups excluding carboxylic acids is 2. The van der Waals surface area contributed by atoms with E-state index in [4.69, 9.17) is 9.26 Å². The first kappa shape index (κ1) is 18.9. The summed E-state index contributed by atoms with van der Waals surface area (Å²) in [5, 5.41) is 3.82. The minimum atomic E-state index is -0.515. The maximum atomic E-state index is 12.9. The lowest BCUT2D eigenvalue weighted by Gasteiger charge is -2.31. The normalized spacial score (nSPS) is 26.7. The Morgan fingerprint density at radius 3 is 2.81 bits per heavy atom. The van der Waals surface area contributed by atoms with E-state index in [9.17, 15) is 9.59 Å². The van der Waals surface area contributed by atoms with Crippen LogP contribution in [0.25, 0.3) is 0 Å². The van der Waals surface area contributed by atoms with Crippen molar-refractivity contribution in [2.45, 2.75) is 46.6 Å². The Kier molecular flexibility index (Phi) is 5.37. The smallest absolute Gasteiger partial charge is 0.313 e. The predicted molar refractivity (Wildman–Crippen MR) is 95.6 cm³/mol. The molecule has 0 aromatic carbocycles. The van der Waals surface area contributed by atoms with E-state index in [-0.39, 0.29) is 17.8 Å². The number of hydrogen-bond acceptors (Lipinski definition) is 6. The number of nitrogens with zero attached hydrogens (tertiary/aromatic N) is 3. The molecule has 1 aromatic heterocycles. The number of aromatic nitrogens is 1. The van der Waals surface area contributed by atoms with Gasteiger partial charge in [-0.3, -0.25) is 14.5 Å². The van der Waals surface area contributed by atoms with Crippen LogP contribution in [0.4, 0.5) is 0 Å². The van der Waals surface area contributed by atoms with Crippen LogP contribution in [-0.4, -0.2) is 65.7 Å². The molecular weight excluding hydrogens is 334 g/mol. The number of ether oxygens (including phenoxy) is 1. The summed E-state index contributed by atoms with van der Waals surface area (Å²) in [7, 11) is 0. The molecule has 2 aliphatic heterocycles. The number of carbonyl (C=O) groups is 2. The molecule has 2 saturated heterocycles. The lowest BCUT2D eigenvalue weighted by Crippen LogP contribution is -2.43. The van der Waals surface area contributed by atoms with Crippen LogP contribution in [0.2, 0.25) is 0 Å². The van der Waals surface area contributed by atoms with Gasteiger partial charge >= 0.3 is 5.97 Å². The van der Waals surface area contributed by atoms with Crippen molar-refractivity contribution < 1.29 is 18.8 Å². The summed E-state index contributed by atoms with van der Waals surface area (Å²) in [6, 6.07) is 0.359. The highest BCUT2D eigenvalue weighted by Gasteiger charge is 2.54. The van der Waals surface area contributed by atoms with Gasteiger partial charge in [-0.1, -0.05) is 5.16 Å². The molecule has 7 heteroatoms. The molecule has 144 valence electrons. The molecule has 0 radical (unpaired) electrons. The van der Waals surface area contributed by atoms with Gasteiger partial charge in [-0.25, -0.2) is 0 Å². The molecule has 7 nitrogen and oxygen atoms in total. The molecule has 0 saturated carbocycles. The average Bonchev–Trinajstić information content (AvgIpc) is 3.14. The lowest BCUT2D eigenvalue weighted by molar-refractivity contribution is -0.157. The fourth-order valence-electron chi connectivity index (χ4n) is 4.33. The number of esters is 1. The number of likely N-dealkylation sites (tertiary alicyclic amines) is 2. The number of hydrogen-bond donors (Lipinski definition) is 0. The van der Waals surface area contributed by atoms with E-state index in [0.29, 0.717) is 43.5 Å². The SMILES string of the molecule is CCOC(=O)[C@@]12CCCN(C(=O)c3conc3C)C[C@H]1CN(C(C)C)C2. The molecular formula is C19H29N3O4. The second kappa shape index (κ2) is 7.39. The predicted octanol–water partition coefficient (Wildman–Crippen LogP) is 2.11. The molecule has 1 amide bonds. The largest absolute Gasteiger partial charge is 0.466 e. The van der Waals surface area contributed by atoms with Gasteiger partial charge in [0, 0.05) is 38.1 Å². The lowest BCUT2D eigenvalue weighted by atomic mass is 9.75. The molecule has 26 heavy (non-hydrogen) atoms. The standard InChI is InChI=1S/C19H29N3O4/c1-5-25-18(24)19-7-6-8-21(17(23)16-11-26-20-14(16)4)9-15(19)10-22(12-19)13(2)3/h11,13,15H,5-10,12H2,1-4H3/t15-,19+/m0/s1. The monoisotopic (exact) mass is 363 g/mol. The van der Waals surface area contributed by atoms with Crippen LogP contribution >= 0.6 is 0 Å². The van der Waals surface area contributed by atoms with E-state index in [0.717, 1.165) is 19.4 Å². The summed E-state index contributed by atoms with van der Waals surface area (Å²) >= 11 is 0. The molecule has 0 bridgehead atoms. The van der Waals surface area contributed by atoms with Crippen molar-refractivity contribution in [3.63, 3.8) is 0 Å². The molecule has 0 N–H and O–H groups in total. The van der Waals surface area contributed by atoms with Crippen LogP contribution < -0.4 is 0 Å². The van der Waals surface area contributed by atoms with Crippen LogP contribution in [0, 0.1) is 18.3 Å². The summed E-state index contributed by atoms with van der Waals surface area (Å²) in [6.07, 6.45) is 2.96. The Morgan fingerprint density at radius 1 is 1.42 bits per heavy atom. The topological polar surface area (TPSA) is 75.9 Å². The van der Waals surface area contributed by atoms with Crippen molar-refractivity contribution in [2.75, 3.05) is 32.8 Å². The zero-order valence-electron chi connectivity index (χ0n) is 16.2. The fourth-order valence-corrected chi connectivity index (χ4v) is 4.33. The summed E-state index contributed by atoms with van der Waals surface area (Å²) in [4.78, 5) is 30.0.